The van der Waals surface area contributed by atoms with E-state index in [2.05, 4.69) is 18.3 Å². The van der Waals surface area contributed by atoms with Gasteiger partial charge in [-0.1, -0.05) is 37.3 Å². The topological polar surface area (TPSA) is 69.2 Å². The van der Waals surface area contributed by atoms with E-state index in [1.807, 2.05) is 42.5 Å². The molecule has 2 aromatic carbocycles. The Morgan fingerprint density at radius 1 is 0.714 bits per heavy atom. The highest BCUT2D eigenvalue weighted by molar-refractivity contribution is 5.39. The van der Waals surface area contributed by atoms with Gasteiger partial charge in [0.25, 0.3) is 0 Å². The van der Waals surface area contributed by atoms with Crippen LogP contribution in [0.1, 0.15) is 12.5 Å². The average Bonchev–Trinajstić information content (AvgIpc) is 2.74. The number of nitrogens with one attached hydrogen (secondary N) is 1. The van der Waals surface area contributed by atoms with Gasteiger partial charge in [0.15, 0.2) is 11.5 Å². The van der Waals surface area contributed by atoms with Crippen LogP contribution in [0.25, 0.3) is 0 Å². The zero-order chi connectivity index (χ0) is 19.9. The first-order chi connectivity index (χ1) is 13.8. The molecule has 0 bridgehead atoms. The molecule has 0 atom stereocenters. The molecule has 6 nitrogen and oxygen atoms in total. The molecule has 0 unspecified atom stereocenters. The highest BCUT2D eigenvalue weighted by Gasteiger charge is 2.04. The van der Waals surface area contributed by atoms with Crippen molar-refractivity contribution in [1.82, 2.24) is 5.32 Å². The summed E-state index contributed by atoms with van der Waals surface area (Å²) in [5.41, 5.74) is 1.23. The maximum absolute atomic E-state index is 8.68. The Morgan fingerprint density at radius 3 is 1.93 bits per heavy atom. The first-order valence-electron chi connectivity index (χ1n) is 9.79. The second kappa shape index (κ2) is 13.8. The molecule has 6 heteroatoms. The predicted octanol–water partition coefficient (Wildman–Crippen LogP) is 2.68. The van der Waals surface area contributed by atoms with Gasteiger partial charge < -0.3 is 29.4 Å². The maximum Gasteiger partial charge on any atom is 0.161 e. The summed E-state index contributed by atoms with van der Waals surface area (Å²) in [5, 5.41) is 12.0. The lowest BCUT2D eigenvalue weighted by molar-refractivity contribution is 0.0697. The Morgan fingerprint density at radius 2 is 1.29 bits per heavy atom. The van der Waals surface area contributed by atoms with Crippen LogP contribution in [0.15, 0.2) is 48.5 Å². The van der Waals surface area contributed by atoms with Gasteiger partial charge in [0, 0.05) is 13.1 Å². The zero-order valence-corrected chi connectivity index (χ0v) is 16.6. The van der Waals surface area contributed by atoms with Crippen LogP contribution >= 0.6 is 0 Å². The van der Waals surface area contributed by atoms with Gasteiger partial charge in [-0.25, -0.2) is 0 Å². The molecular weight excluding hydrogens is 358 g/mol. The third-order valence-electron chi connectivity index (χ3n) is 4.00. The van der Waals surface area contributed by atoms with Gasteiger partial charge in [0.2, 0.25) is 0 Å². The summed E-state index contributed by atoms with van der Waals surface area (Å²) in [4.78, 5) is 0. The van der Waals surface area contributed by atoms with Crippen molar-refractivity contribution in [3.63, 3.8) is 0 Å². The van der Waals surface area contributed by atoms with Crippen LogP contribution in [-0.2, 0) is 11.2 Å². The summed E-state index contributed by atoms with van der Waals surface area (Å²) in [5.74, 6) is 2.35. The van der Waals surface area contributed by atoms with Crippen molar-refractivity contribution in [2.24, 2.45) is 0 Å². The fraction of sp³-hybridized carbons (Fsp3) is 0.455. The van der Waals surface area contributed by atoms with Gasteiger partial charge in [-0.3, -0.25) is 0 Å². The summed E-state index contributed by atoms with van der Waals surface area (Å²) in [7, 11) is 0. The fourth-order valence-electron chi connectivity index (χ4n) is 2.59. The summed E-state index contributed by atoms with van der Waals surface area (Å²) < 4.78 is 22.5. The van der Waals surface area contributed by atoms with Gasteiger partial charge >= 0.3 is 0 Å². The number of benzene rings is 2. The SMILES string of the molecule is CCc1ccccc1OCCNCCOc1ccccc1OCCOCCO. The van der Waals surface area contributed by atoms with Crippen LogP contribution in [0.4, 0.5) is 0 Å². The van der Waals surface area contributed by atoms with Crippen molar-refractivity contribution in [2.75, 3.05) is 52.7 Å². The van der Waals surface area contributed by atoms with E-state index < -0.39 is 0 Å². The average molecular weight is 389 g/mol. The van der Waals surface area contributed by atoms with Gasteiger partial charge in [0.1, 0.15) is 25.6 Å². The van der Waals surface area contributed by atoms with Crippen LogP contribution in [-0.4, -0.2) is 57.8 Å². The molecule has 2 aromatic rings. The number of aryl methyl sites for hydroxylation is 1. The lowest BCUT2D eigenvalue weighted by Crippen LogP contribution is -2.26. The van der Waals surface area contributed by atoms with Gasteiger partial charge in [0.05, 0.1) is 19.8 Å². The Kier molecular flexibility index (Phi) is 10.9. The number of rotatable bonds is 15. The molecule has 0 aliphatic rings. The molecule has 0 radical (unpaired) electrons. The minimum absolute atomic E-state index is 0.0167. The van der Waals surface area contributed by atoms with E-state index in [0.29, 0.717) is 51.1 Å². The van der Waals surface area contributed by atoms with Gasteiger partial charge in [-0.2, -0.15) is 0 Å². The predicted molar refractivity (Wildman–Crippen MR) is 110 cm³/mol. The van der Waals surface area contributed by atoms with E-state index in [9.17, 15) is 0 Å². The first kappa shape index (κ1) is 22.0. The van der Waals surface area contributed by atoms with E-state index in [0.717, 1.165) is 18.7 Å². The molecule has 0 saturated heterocycles. The molecule has 0 heterocycles. The quantitative estimate of drug-likeness (QED) is 0.457. The number of hydrogen-bond acceptors (Lipinski definition) is 6. The third kappa shape index (κ3) is 8.17. The minimum atomic E-state index is 0.0167. The van der Waals surface area contributed by atoms with E-state index >= 15 is 0 Å². The molecule has 2 rings (SSSR count). The molecule has 0 fully saturated rings. The maximum atomic E-state index is 8.68. The van der Waals surface area contributed by atoms with Gasteiger partial charge in [-0.05, 0) is 30.2 Å². The Labute approximate surface area is 167 Å². The van der Waals surface area contributed by atoms with E-state index in [4.69, 9.17) is 24.1 Å². The monoisotopic (exact) mass is 389 g/mol. The first-order valence-corrected chi connectivity index (χ1v) is 9.79. The second-order valence-electron chi connectivity index (χ2n) is 6.04. The van der Waals surface area contributed by atoms with Crippen molar-refractivity contribution >= 4 is 0 Å². The van der Waals surface area contributed by atoms with Crippen LogP contribution < -0.4 is 19.5 Å². The smallest absolute Gasteiger partial charge is 0.161 e. The standard InChI is InChI=1S/C22H31NO5/c1-2-19-7-3-4-8-20(19)26-14-11-23-12-15-27-21-9-5-6-10-22(21)28-18-17-25-16-13-24/h3-10,23-24H,2,11-18H2,1H3. The molecular formula is C22H31NO5. The molecule has 0 spiro atoms. The van der Waals surface area contributed by atoms with Crippen LogP contribution in [0.2, 0.25) is 0 Å². The molecule has 28 heavy (non-hydrogen) atoms. The van der Waals surface area contributed by atoms with Crippen molar-refractivity contribution in [3.05, 3.63) is 54.1 Å². The molecule has 0 aliphatic heterocycles. The number of hydrogen-bond donors (Lipinski definition) is 2. The zero-order valence-electron chi connectivity index (χ0n) is 16.6. The van der Waals surface area contributed by atoms with Crippen LogP contribution in [0.5, 0.6) is 17.2 Å². The van der Waals surface area contributed by atoms with Crippen molar-refractivity contribution in [1.29, 1.82) is 0 Å². The van der Waals surface area contributed by atoms with Gasteiger partial charge in [-0.15, -0.1) is 0 Å². The van der Waals surface area contributed by atoms with E-state index in [1.165, 1.54) is 5.56 Å². The van der Waals surface area contributed by atoms with E-state index in [1.54, 1.807) is 0 Å². The molecule has 0 amide bonds. The molecule has 0 aliphatic carbocycles. The Balaban J connectivity index is 1.60. The molecule has 0 aromatic heterocycles. The summed E-state index contributed by atoms with van der Waals surface area (Å²) in [6.07, 6.45) is 0.965. The molecule has 154 valence electrons. The third-order valence-corrected chi connectivity index (χ3v) is 4.00. The lowest BCUT2D eigenvalue weighted by atomic mass is 10.1. The van der Waals surface area contributed by atoms with Crippen molar-refractivity contribution in [2.45, 2.75) is 13.3 Å². The summed E-state index contributed by atoms with van der Waals surface area (Å²) in [6.45, 7) is 5.92. The summed E-state index contributed by atoms with van der Waals surface area (Å²) in [6, 6.07) is 15.7. The van der Waals surface area contributed by atoms with Crippen molar-refractivity contribution < 1.29 is 24.1 Å². The van der Waals surface area contributed by atoms with E-state index in [-0.39, 0.29) is 6.61 Å². The molecule has 2 N–H and O–H groups in total. The number of aliphatic hydroxyl groups is 1. The van der Waals surface area contributed by atoms with Crippen LogP contribution in [0, 0.1) is 0 Å². The highest BCUT2D eigenvalue weighted by Crippen LogP contribution is 2.26. The largest absolute Gasteiger partial charge is 0.492 e. The fourth-order valence-corrected chi connectivity index (χ4v) is 2.59. The highest BCUT2D eigenvalue weighted by atomic mass is 16.5. The van der Waals surface area contributed by atoms with Crippen molar-refractivity contribution in [3.8, 4) is 17.2 Å². The number of para-hydroxylation sites is 3. The number of ether oxygens (including phenoxy) is 4. The summed E-state index contributed by atoms with van der Waals surface area (Å²) >= 11 is 0. The lowest BCUT2D eigenvalue weighted by Gasteiger charge is -2.13. The Hall–Kier alpha value is -2.28. The Bertz CT molecular complexity index is 665. The minimum Gasteiger partial charge on any atom is -0.492 e. The normalized spacial score (nSPS) is 10.6. The number of aliphatic hydroxyl groups excluding tert-OH is 1. The molecule has 0 saturated carbocycles. The second-order valence-corrected chi connectivity index (χ2v) is 6.04. The van der Waals surface area contributed by atoms with Crippen LogP contribution in [0.3, 0.4) is 0 Å².